The Kier molecular flexibility index (Phi) is 6.36. The molecule has 29 heavy (non-hydrogen) atoms. The highest BCUT2D eigenvalue weighted by atomic mass is 32.1. The van der Waals surface area contributed by atoms with Crippen LogP contribution in [0.5, 0.6) is 0 Å². The maximum Gasteiger partial charge on any atom is 0.357 e. The third kappa shape index (κ3) is 4.49. The molecule has 1 N–H and O–H groups in total. The molecule has 2 heterocycles. The van der Waals surface area contributed by atoms with Crippen LogP contribution in [-0.2, 0) is 25.5 Å². The maximum atomic E-state index is 12.7. The van der Waals surface area contributed by atoms with Gasteiger partial charge in [0.25, 0.3) is 0 Å². The lowest BCUT2D eigenvalue weighted by Crippen LogP contribution is -2.36. The van der Waals surface area contributed by atoms with Gasteiger partial charge in [0.2, 0.25) is 17.7 Å². The SMILES string of the molecule is COC(=O)c1nc(NC(=O)CCN2C(=O)CC3(CCCC3)C2=O)sc1CC(C)C. The Morgan fingerprint density at radius 3 is 2.59 bits per heavy atom. The molecule has 1 aliphatic heterocycles. The number of methoxy groups -OCH3 is 1. The minimum Gasteiger partial charge on any atom is -0.464 e. The second-order valence-corrected chi connectivity index (χ2v) is 9.28. The molecule has 2 aliphatic rings. The van der Waals surface area contributed by atoms with Gasteiger partial charge in [0.05, 0.1) is 12.5 Å². The van der Waals surface area contributed by atoms with Gasteiger partial charge in [0.1, 0.15) is 0 Å². The standard InChI is InChI=1S/C20H27N3O5S/c1-12(2)10-13-16(17(26)28-3)22-19(29-13)21-14(24)6-9-23-15(25)11-20(18(23)27)7-4-5-8-20/h12H,4-11H2,1-3H3,(H,21,22,24). The van der Waals surface area contributed by atoms with E-state index in [2.05, 4.69) is 10.3 Å². The molecule has 0 aromatic carbocycles. The zero-order valence-electron chi connectivity index (χ0n) is 17.1. The number of likely N-dealkylation sites (tertiary alicyclic amines) is 1. The number of nitrogens with zero attached hydrogens (tertiary/aromatic N) is 2. The van der Waals surface area contributed by atoms with Gasteiger partial charge in [-0.15, -0.1) is 11.3 Å². The molecule has 3 amide bonds. The van der Waals surface area contributed by atoms with Crippen molar-refractivity contribution in [2.45, 2.75) is 58.8 Å². The molecule has 9 heteroatoms. The van der Waals surface area contributed by atoms with Crippen molar-refractivity contribution in [1.29, 1.82) is 0 Å². The van der Waals surface area contributed by atoms with Crippen LogP contribution in [0.3, 0.4) is 0 Å². The van der Waals surface area contributed by atoms with Crippen LogP contribution < -0.4 is 5.32 Å². The van der Waals surface area contributed by atoms with Crippen LogP contribution in [-0.4, -0.2) is 47.2 Å². The van der Waals surface area contributed by atoms with Gasteiger partial charge < -0.3 is 10.1 Å². The first kappa shape index (κ1) is 21.4. The van der Waals surface area contributed by atoms with Crippen LogP contribution in [0, 0.1) is 11.3 Å². The molecule has 158 valence electrons. The zero-order chi connectivity index (χ0) is 21.2. The van der Waals surface area contributed by atoms with E-state index < -0.39 is 11.4 Å². The highest BCUT2D eigenvalue weighted by Gasteiger charge is 2.52. The number of amides is 3. The second kappa shape index (κ2) is 8.61. The summed E-state index contributed by atoms with van der Waals surface area (Å²) in [6.45, 7) is 4.12. The van der Waals surface area contributed by atoms with E-state index in [4.69, 9.17) is 4.74 Å². The Balaban J connectivity index is 1.61. The summed E-state index contributed by atoms with van der Waals surface area (Å²) in [7, 11) is 1.29. The largest absolute Gasteiger partial charge is 0.464 e. The average molecular weight is 422 g/mol. The quantitative estimate of drug-likeness (QED) is 0.536. The number of anilines is 1. The minimum absolute atomic E-state index is 0.000210. The number of rotatable bonds is 7. The van der Waals surface area contributed by atoms with Gasteiger partial charge in [-0.1, -0.05) is 26.7 Å². The summed E-state index contributed by atoms with van der Waals surface area (Å²) < 4.78 is 4.77. The van der Waals surface area contributed by atoms with E-state index in [0.717, 1.165) is 30.6 Å². The summed E-state index contributed by atoms with van der Waals surface area (Å²) in [6, 6.07) is 0. The zero-order valence-corrected chi connectivity index (χ0v) is 17.9. The lowest BCUT2D eigenvalue weighted by atomic mass is 9.84. The average Bonchev–Trinajstić information content (AvgIpc) is 3.33. The van der Waals surface area contributed by atoms with Crippen molar-refractivity contribution in [3.63, 3.8) is 0 Å². The Bertz CT molecular complexity index is 826. The third-order valence-electron chi connectivity index (χ3n) is 5.53. The van der Waals surface area contributed by atoms with Crippen LogP contribution in [0.4, 0.5) is 5.13 Å². The normalized spacial score (nSPS) is 18.1. The monoisotopic (exact) mass is 421 g/mol. The summed E-state index contributed by atoms with van der Waals surface area (Å²) in [5.41, 5.74) is -0.307. The Morgan fingerprint density at radius 1 is 1.28 bits per heavy atom. The number of imide groups is 1. The molecule has 1 aromatic rings. The highest BCUT2D eigenvalue weighted by molar-refractivity contribution is 7.16. The molecule has 0 radical (unpaired) electrons. The number of carbonyl (C=O) groups excluding carboxylic acids is 4. The predicted molar refractivity (Wildman–Crippen MR) is 107 cm³/mol. The first-order chi connectivity index (χ1) is 13.8. The molecule has 2 fully saturated rings. The number of nitrogens with one attached hydrogen (secondary N) is 1. The number of hydrogen-bond donors (Lipinski definition) is 1. The molecule has 1 aromatic heterocycles. The second-order valence-electron chi connectivity index (χ2n) is 8.19. The van der Waals surface area contributed by atoms with E-state index in [-0.39, 0.29) is 42.8 Å². The fraction of sp³-hybridized carbons (Fsp3) is 0.650. The molecule has 0 unspecified atom stereocenters. The van der Waals surface area contributed by atoms with E-state index >= 15 is 0 Å². The molecule has 8 nitrogen and oxygen atoms in total. The summed E-state index contributed by atoms with van der Waals surface area (Å²) in [4.78, 5) is 55.5. The molecular weight excluding hydrogens is 394 g/mol. The van der Waals surface area contributed by atoms with Crippen LogP contribution in [0.2, 0.25) is 0 Å². The lowest BCUT2D eigenvalue weighted by molar-refractivity contribution is -0.141. The smallest absolute Gasteiger partial charge is 0.357 e. The summed E-state index contributed by atoms with van der Waals surface area (Å²) in [5, 5.41) is 3.00. The van der Waals surface area contributed by atoms with Gasteiger partial charge in [-0.05, 0) is 25.2 Å². The molecule has 0 bridgehead atoms. The van der Waals surface area contributed by atoms with Crippen molar-refractivity contribution in [1.82, 2.24) is 9.88 Å². The first-order valence-electron chi connectivity index (χ1n) is 9.98. The van der Waals surface area contributed by atoms with E-state index in [1.165, 1.54) is 23.3 Å². The van der Waals surface area contributed by atoms with Crippen LogP contribution in [0.15, 0.2) is 0 Å². The van der Waals surface area contributed by atoms with Gasteiger partial charge in [-0.3, -0.25) is 19.3 Å². The van der Waals surface area contributed by atoms with Crippen LogP contribution in [0.25, 0.3) is 0 Å². The molecule has 0 atom stereocenters. The van der Waals surface area contributed by atoms with E-state index in [0.29, 0.717) is 17.5 Å². The summed E-state index contributed by atoms with van der Waals surface area (Å²) in [6.07, 6.45) is 4.37. The Hall–Kier alpha value is -2.29. The number of carbonyl (C=O) groups is 4. The van der Waals surface area contributed by atoms with Gasteiger partial charge in [0, 0.05) is 24.3 Å². The molecule has 1 saturated carbocycles. The Labute approximate surface area is 174 Å². The van der Waals surface area contributed by atoms with Crippen molar-refractivity contribution in [3.8, 4) is 0 Å². The van der Waals surface area contributed by atoms with Crippen molar-refractivity contribution in [2.75, 3.05) is 19.0 Å². The highest BCUT2D eigenvalue weighted by Crippen LogP contribution is 2.46. The number of aromatic nitrogens is 1. The fourth-order valence-electron chi connectivity index (χ4n) is 4.09. The topological polar surface area (TPSA) is 106 Å². The molecule has 1 spiro atoms. The number of ether oxygens (including phenoxy) is 1. The number of hydrogen-bond acceptors (Lipinski definition) is 7. The van der Waals surface area contributed by atoms with Crippen molar-refractivity contribution >= 4 is 40.2 Å². The van der Waals surface area contributed by atoms with Gasteiger partial charge in [0.15, 0.2) is 10.8 Å². The van der Waals surface area contributed by atoms with Crippen molar-refractivity contribution in [3.05, 3.63) is 10.6 Å². The van der Waals surface area contributed by atoms with E-state index in [1.54, 1.807) is 0 Å². The summed E-state index contributed by atoms with van der Waals surface area (Å²) in [5.74, 6) is -0.885. The fourth-order valence-corrected chi connectivity index (χ4v) is 5.27. The molecule has 3 rings (SSSR count). The van der Waals surface area contributed by atoms with Gasteiger partial charge >= 0.3 is 5.97 Å². The van der Waals surface area contributed by atoms with Crippen LogP contribution in [0.1, 0.15) is 67.7 Å². The van der Waals surface area contributed by atoms with E-state index in [9.17, 15) is 19.2 Å². The minimum atomic E-state index is -0.535. The summed E-state index contributed by atoms with van der Waals surface area (Å²) >= 11 is 1.24. The van der Waals surface area contributed by atoms with E-state index in [1.807, 2.05) is 13.8 Å². The van der Waals surface area contributed by atoms with Crippen molar-refractivity contribution < 1.29 is 23.9 Å². The third-order valence-corrected chi connectivity index (χ3v) is 6.52. The number of thiazole rings is 1. The first-order valence-corrected chi connectivity index (χ1v) is 10.8. The maximum absolute atomic E-state index is 12.7. The predicted octanol–water partition coefficient (Wildman–Crippen LogP) is 2.78. The molecule has 1 aliphatic carbocycles. The lowest BCUT2D eigenvalue weighted by Gasteiger charge is -2.20. The number of esters is 1. The molecular formula is C20H27N3O5S. The van der Waals surface area contributed by atoms with Crippen LogP contribution >= 0.6 is 11.3 Å². The Morgan fingerprint density at radius 2 is 1.97 bits per heavy atom. The van der Waals surface area contributed by atoms with Gasteiger partial charge in [-0.25, -0.2) is 9.78 Å². The molecule has 1 saturated heterocycles. The van der Waals surface area contributed by atoms with Crippen molar-refractivity contribution in [2.24, 2.45) is 11.3 Å². The van der Waals surface area contributed by atoms with Gasteiger partial charge in [-0.2, -0.15) is 0 Å².